The first-order valence-corrected chi connectivity index (χ1v) is 9.61. The van der Waals surface area contributed by atoms with Gasteiger partial charge in [0.25, 0.3) is 5.56 Å². The Morgan fingerprint density at radius 2 is 1.79 bits per heavy atom. The SMILES string of the molecule is O=c1ccc(-c2ccc3c(c2)OCCCO3)nn1Cc1cc(Cl)c2c(c1)OCO2. The van der Waals surface area contributed by atoms with Gasteiger partial charge in [0.05, 0.1) is 30.5 Å². The van der Waals surface area contributed by atoms with Crippen LogP contribution in [0.2, 0.25) is 5.02 Å². The molecule has 0 saturated heterocycles. The molecule has 0 atom stereocenters. The molecule has 7 nitrogen and oxygen atoms in total. The van der Waals surface area contributed by atoms with Crippen molar-refractivity contribution in [2.75, 3.05) is 20.0 Å². The van der Waals surface area contributed by atoms with Crippen molar-refractivity contribution in [3.05, 3.63) is 63.4 Å². The predicted molar refractivity (Wildman–Crippen MR) is 106 cm³/mol. The Hall–Kier alpha value is -3.19. The maximum absolute atomic E-state index is 12.4. The van der Waals surface area contributed by atoms with Gasteiger partial charge in [-0.25, -0.2) is 4.68 Å². The molecule has 2 aliphatic rings. The lowest BCUT2D eigenvalue weighted by Gasteiger charge is -2.11. The molecule has 0 radical (unpaired) electrons. The fourth-order valence-corrected chi connectivity index (χ4v) is 3.61. The van der Waals surface area contributed by atoms with Crippen molar-refractivity contribution >= 4 is 11.6 Å². The predicted octanol–water partition coefficient (Wildman–Crippen LogP) is 3.50. The number of ether oxygens (including phenoxy) is 4. The van der Waals surface area contributed by atoms with Crippen LogP contribution in [0, 0.1) is 0 Å². The minimum absolute atomic E-state index is 0.135. The van der Waals surface area contributed by atoms with E-state index in [1.807, 2.05) is 24.3 Å². The molecule has 8 heteroatoms. The van der Waals surface area contributed by atoms with Crippen LogP contribution in [0.3, 0.4) is 0 Å². The zero-order valence-corrected chi connectivity index (χ0v) is 16.1. The summed E-state index contributed by atoms with van der Waals surface area (Å²) in [5.41, 5.74) is 2.08. The second-order valence-corrected chi connectivity index (χ2v) is 7.15. The highest BCUT2D eigenvalue weighted by Gasteiger charge is 2.19. The second-order valence-electron chi connectivity index (χ2n) is 6.74. The van der Waals surface area contributed by atoms with Crippen LogP contribution in [0.15, 0.2) is 47.3 Å². The summed E-state index contributed by atoms with van der Waals surface area (Å²) in [6.07, 6.45) is 0.839. The van der Waals surface area contributed by atoms with Crippen LogP contribution in [0.5, 0.6) is 23.0 Å². The molecule has 3 heterocycles. The molecule has 0 spiro atoms. The highest BCUT2D eigenvalue weighted by Crippen LogP contribution is 2.40. The van der Waals surface area contributed by atoms with Gasteiger partial charge in [-0.1, -0.05) is 11.6 Å². The third-order valence-corrected chi connectivity index (χ3v) is 5.01. The summed E-state index contributed by atoms with van der Waals surface area (Å²) in [6, 6.07) is 12.4. The van der Waals surface area contributed by atoms with Crippen LogP contribution in [-0.2, 0) is 6.54 Å². The van der Waals surface area contributed by atoms with Crippen LogP contribution in [0.25, 0.3) is 11.3 Å². The first kappa shape index (κ1) is 17.9. The van der Waals surface area contributed by atoms with Crippen LogP contribution in [0.1, 0.15) is 12.0 Å². The van der Waals surface area contributed by atoms with Gasteiger partial charge in [0.15, 0.2) is 23.0 Å². The highest BCUT2D eigenvalue weighted by molar-refractivity contribution is 6.32. The van der Waals surface area contributed by atoms with E-state index >= 15 is 0 Å². The quantitative estimate of drug-likeness (QED) is 0.655. The molecule has 0 fully saturated rings. The van der Waals surface area contributed by atoms with Gasteiger partial charge in [-0.3, -0.25) is 4.79 Å². The van der Waals surface area contributed by atoms with Crippen molar-refractivity contribution in [3.63, 3.8) is 0 Å². The van der Waals surface area contributed by atoms with Gasteiger partial charge in [0.1, 0.15) is 0 Å². The lowest BCUT2D eigenvalue weighted by atomic mass is 10.1. The van der Waals surface area contributed by atoms with Gasteiger partial charge in [-0.15, -0.1) is 0 Å². The molecule has 0 unspecified atom stereocenters. The fourth-order valence-electron chi connectivity index (χ4n) is 3.32. The molecule has 0 N–H and O–H groups in total. The molecule has 29 heavy (non-hydrogen) atoms. The van der Waals surface area contributed by atoms with Crippen LogP contribution in [0.4, 0.5) is 0 Å². The molecule has 2 aliphatic heterocycles. The summed E-state index contributed by atoms with van der Waals surface area (Å²) >= 11 is 6.25. The topological polar surface area (TPSA) is 71.8 Å². The van der Waals surface area contributed by atoms with Gasteiger partial charge >= 0.3 is 0 Å². The van der Waals surface area contributed by atoms with Crippen LogP contribution < -0.4 is 24.5 Å². The molecule has 148 valence electrons. The van der Waals surface area contributed by atoms with Crippen molar-refractivity contribution in [2.45, 2.75) is 13.0 Å². The Morgan fingerprint density at radius 3 is 2.69 bits per heavy atom. The minimum Gasteiger partial charge on any atom is -0.490 e. The summed E-state index contributed by atoms with van der Waals surface area (Å²) in [5.74, 6) is 2.49. The first-order valence-electron chi connectivity index (χ1n) is 9.23. The van der Waals surface area contributed by atoms with E-state index in [9.17, 15) is 4.79 Å². The van der Waals surface area contributed by atoms with E-state index in [2.05, 4.69) is 5.10 Å². The van der Waals surface area contributed by atoms with Gasteiger partial charge in [-0.05, 0) is 42.0 Å². The van der Waals surface area contributed by atoms with E-state index in [0.717, 1.165) is 23.3 Å². The number of rotatable bonds is 3. The molecule has 0 saturated carbocycles. The van der Waals surface area contributed by atoms with E-state index in [4.69, 9.17) is 30.5 Å². The summed E-state index contributed by atoms with van der Waals surface area (Å²) in [4.78, 5) is 12.4. The molecular formula is C21H17ClN2O5. The summed E-state index contributed by atoms with van der Waals surface area (Å²) in [7, 11) is 0. The third-order valence-electron chi connectivity index (χ3n) is 4.73. The lowest BCUT2D eigenvalue weighted by Crippen LogP contribution is -2.22. The van der Waals surface area contributed by atoms with Crippen molar-refractivity contribution in [1.82, 2.24) is 9.78 Å². The minimum atomic E-state index is -0.211. The number of aromatic nitrogens is 2. The largest absolute Gasteiger partial charge is 0.490 e. The maximum Gasteiger partial charge on any atom is 0.267 e. The number of benzene rings is 2. The summed E-state index contributed by atoms with van der Waals surface area (Å²) in [5, 5.41) is 4.97. The monoisotopic (exact) mass is 412 g/mol. The number of hydrogen-bond acceptors (Lipinski definition) is 6. The second kappa shape index (κ2) is 7.33. The molecule has 0 bridgehead atoms. The van der Waals surface area contributed by atoms with Crippen molar-refractivity contribution < 1.29 is 18.9 Å². The van der Waals surface area contributed by atoms with E-state index < -0.39 is 0 Å². The highest BCUT2D eigenvalue weighted by atomic mass is 35.5. The van der Waals surface area contributed by atoms with E-state index in [-0.39, 0.29) is 18.9 Å². The smallest absolute Gasteiger partial charge is 0.267 e. The Balaban J connectivity index is 1.47. The average Bonchev–Trinajstić information content (AvgIpc) is 3.07. The third kappa shape index (κ3) is 3.49. The number of halogens is 1. The normalized spacial score (nSPS) is 14.5. The lowest BCUT2D eigenvalue weighted by molar-refractivity contribution is 0.174. The Kier molecular flexibility index (Phi) is 4.52. The van der Waals surface area contributed by atoms with Crippen LogP contribution in [-0.4, -0.2) is 29.8 Å². The van der Waals surface area contributed by atoms with E-state index in [1.54, 1.807) is 12.1 Å². The van der Waals surface area contributed by atoms with Crippen molar-refractivity contribution in [2.24, 2.45) is 0 Å². The molecule has 0 amide bonds. The van der Waals surface area contributed by atoms with Gasteiger partial charge in [0, 0.05) is 18.1 Å². The molecular weight excluding hydrogens is 396 g/mol. The Bertz CT molecular complexity index is 1140. The molecule has 0 aliphatic carbocycles. The summed E-state index contributed by atoms with van der Waals surface area (Å²) in [6.45, 7) is 1.63. The molecule has 3 aromatic rings. The van der Waals surface area contributed by atoms with Gasteiger partial charge in [0.2, 0.25) is 6.79 Å². The maximum atomic E-state index is 12.4. The van der Waals surface area contributed by atoms with Crippen molar-refractivity contribution in [1.29, 1.82) is 0 Å². The molecule has 1 aromatic heterocycles. The van der Waals surface area contributed by atoms with Gasteiger partial charge < -0.3 is 18.9 Å². The van der Waals surface area contributed by atoms with E-state index in [0.29, 0.717) is 41.2 Å². The number of fused-ring (bicyclic) bond motifs is 2. The Morgan fingerprint density at radius 1 is 0.931 bits per heavy atom. The van der Waals surface area contributed by atoms with Crippen molar-refractivity contribution in [3.8, 4) is 34.3 Å². The standard InChI is InChI=1S/C21H17ClN2O5/c22-15-8-13(9-19-21(15)29-12-28-19)11-24-20(25)5-3-16(23-24)14-2-4-17-18(10-14)27-7-1-6-26-17/h2-5,8-10H,1,6-7,11-12H2. The number of hydrogen-bond donors (Lipinski definition) is 0. The molecule has 5 rings (SSSR count). The van der Waals surface area contributed by atoms with Gasteiger partial charge in [-0.2, -0.15) is 5.10 Å². The summed E-state index contributed by atoms with van der Waals surface area (Å²) < 4.78 is 23.6. The Labute approximate surface area is 171 Å². The zero-order chi connectivity index (χ0) is 19.8. The fraction of sp³-hybridized carbons (Fsp3) is 0.238. The average molecular weight is 413 g/mol. The first-order chi connectivity index (χ1) is 14.2. The van der Waals surface area contributed by atoms with E-state index in [1.165, 1.54) is 10.7 Å². The zero-order valence-electron chi connectivity index (χ0n) is 15.4. The van der Waals surface area contributed by atoms with Crippen LogP contribution >= 0.6 is 11.6 Å². The number of nitrogens with zero attached hydrogens (tertiary/aromatic N) is 2. The molecule has 2 aromatic carbocycles.